The van der Waals surface area contributed by atoms with Crippen LogP contribution in [0.4, 0.5) is 0 Å². The number of carbonyl (C=O) groups is 1. The summed E-state index contributed by atoms with van der Waals surface area (Å²) in [7, 11) is 0. The first kappa shape index (κ1) is 13.1. The molecule has 1 atom stereocenters. The van der Waals surface area contributed by atoms with Gasteiger partial charge in [0.25, 0.3) is 0 Å². The zero-order chi connectivity index (χ0) is 11.6. The Morgan fingerprint density at radius 2 is 1.79 bits per heavy atom. The first-order valence-corrected chi connectivity index (χ1v) is 4.35. The molecule has 82 valence electrons. The molecular formula is C10H18O4. The summed E-state index contributed by atoms with van der Waals surface area (Å²) in [5, 5.41) is 19.3. The molecule has 0 fully saturated rings. The number of rotatable bonds is 4. The van der Waals surface area contributed by atoms with E-state index in [0.29, 0.717) is 0 Å². The topological polar surface area (TPSA) is 66.8 Å². The monoisotopic (exact) mass is 202 g/mol. The molecule has 0 aromatic rings. The molecule has 0 aliphatic rings. The number of ether oxygens (including phenoxy) is 1. The lowest BCUT2D eigenvalue weighted by Crippen LogP contribution is -2.51. The quantitative estimate of drug-likeness (QED) is 0.518. The molecule has 0 saturated heterocycles. The largest absolute Gasteiger partial charge is 0.459 e. The molecule has 1 unspecified atom stereocenters. The smallest absolute Gasteiger partial charge is 0.333 e. The maximum Gasteiger partial charge on any atom is 0.333 e. The SMILES string of the molecule is C=C(C)C(=O)OCC(C)(O)C(C)(C)O. The van der Waals surface area contributed by atoms with Gasteiger partial charge in [-0.15, -0.1) is 0 Å². The fourth-order valence-corrected chi connectivity index (χ4v) is 0.506. The molecule has 0 aromatic carbocycles. The minimum Gasteiger partial charge on any atom is -0.459 e. The Morgan fingerprint density at radius 1 is 1.36 bits per heavy atom. The fraction of sp³-hybridized carbons (Fsp3) is 0.700. The van der Waals surface area contributed by atoms with Crippen molar-refractivity contribution in [1.29, 1.82) is 0 Å². The van der Waals surface area contributed by atoms with Crippen LogP contribution in [0, 0.1) is 0 Å². The van der Waals surface area contributed by atoms with Gasteiger partial charge in [-0.05, 0) is 27.7 Å². The lowest BCUT2D eigenvalue weighted by atomic mass is 9.89. The maximum absolute atomic E-state index is 11.0. The molecule has 0 aromatic heterocycles. The molecule has 4 heteroatoms. The van der Waals surface area contributed by atoms with E-state index in [1.54, 1.807) is 0 Å². The lowest BCUT2D eigenvalue weighted by molar-refractivity contribution is -0.168. The molecule has 0 spiro atoms. The minimum atomic E-state index is -1.47. The standard InChI is InChI=1S/C10H18O4/c1-7(2)8(11)14-6-10(5,13)9(3,4)12/h12-13H,1,6H2,2-5H3. The number of carbonyl (C=O) groups excluding carboxylic acids is 1. The molecule has 0 rings (SSSR count). The van der Waals surface area contributed by atoms with Gasteiger partial charge in [0.2, 0.25) is 0 Å². The van der Waals surface area contributed by atoms with Crippen molar-refractivity contribution in [2.24, 2.45) is 0 Å². The highest BCUT2D eigenvalue weighted by atomic mass is 16.5. The van der Waals surface area contributed by atoms with Gasteiger partial charge in [0.15, 0.2) is 0 Å². The third-order valence-electron chi connectivity index (χ3n) is 2.15. The number of hydrogen-bond donors (Lipinski definition) is 2. The zero-order valence-electron chi connectivity index (χ0n) is 9.13. The van der Waals surface area contributed by atoms with E-state index in [2.05, 4.69) is 6.58 Å². The van der Waals surface area contributed by atoms with Crippen molar-refractivity contribution in [2.45, 2.75) is 38.9 Å². The molecule has 14 heavy (non-hydrogen) atoms. The van der Waals surface area contributed by atoms with Crippen LogP contribution in [0.15, 0.2) is 12.2 Å². The van der Waals surface area contributed by atoms with Crippen molar-refractivity contribution in [2.75, 3.05) is 6.61 Å². The summed E-state index contributed by atoms with van der Waals surface area (Å²) >= 11 is 0. The molecular weight excluding hydrogens is 184 g/mol. The molecule has 2 N–H and O–H groups in total. The predicted molar refractivity (Wildman–Crippen MR) is 52.7 cm³/mol. The van der Waals surface area contributed by atoms with E-state index < -0.39 is 17.2 Å². The van der Waals surface area contributed by atoms with Gasteiger partial charge in [0.05, 0.1) is 5.60 Å². The predicted octanol–water partition coefficient (Wildman–Crippen LogP) is 0.628. The van der Waals surface area contributed by atoms with Crippen LogP contribution in [0.1, 0.15) is 27.7 Å². The average Bonchev–Trinajstić information content (AvgIpc) is 1.97. The third kappa shape index (κ3) is 3.47. The summed E-state index contributed by atoms with van der Waals surface area (Å²) in [6.45, 7) is 8.95. The van der Waals surface area contributed by atoms with Crippen LogP contribution >= 0.6 is 0 Å². The van der Waals surface area contributed by atoms with Crippen LogP contribution in [0.3, 0.4) is 0 Å². The van der Waals surface area contributed by atoms with E-state index in [9.17, 15) is 15.0 Å². The van der Waals surface area contributed by atoms with Crippen LogP contribution in [0.25, 0.3) is 0 Å². The highest BCUT2D eigenvalue weighted by Gasteiger charge is 2.38. The van der Waals surface area contributed by atoms with Crippen LogP contribution < -0.4 is 0 Å². The van der Waals surface area contributed by atoms with Gasteiger partial charge >= 0.3 is 5.97 Å². The third-order valence-corrected chi connectivity index (χ3v) is 2.15. The van der Waals surface area contributed by atoms with Crippen molar-refractivity contribution < 1.29 is 19.7 Å². The summed E-state index contributed by atoms with van der Waals surface area (Å²) in [5.41, 5.74) is -2.54. The molecule has 0 bridgehead atoms. The van der Waals surface area contributed by atoms with Crippen molar-refractivity contribution >= 4 is 5.97 Å². The second-order valence-electron chi connectivity index (χ2n) is 4.19. The van der Waals surface area contributed by atoms with Crippen molar-refractivity contribution in [3.8, 4) is 0 Å². The Morgan fingerprint density at radius 3 is 2.07 bits per heavy atom. The van der Waals surface area contributed by atoms with Crippen LogP contribution in [0.2, 0.25) is 0 Å². The first-order valence-electron chi connectivity index (χ1n) is 4.35. The minimum absolute atomic E-state index is 0.261. The van der Waals surface area contributed by atoms with Gasteiger partial charge in [0, 0.05) is 5.57 Å². The highest BCUT2D eigenvalue weighted by Crippen LogP contribution is 2.21. The summed E-state index contributed by atoms with van der Waals surface area (Å²) in [6.07, 6.45) is 0. The van der Waals surface area contributed by atoms with E-state index in [0.717, 1.165) is 0 Å². The van der Waals surface area contributed by atoms with E-state index >= 15 is 0 Å². The van der Waals surface area contributed by atoms with Crippen LogP contribution in [0.5, 0.6) is 0 Å². The molecule has 0 radical (unpaired) electrons. The van der Waals surface area contributed by atoms with E-state index in [1.807, 2.05) is 0 Å². The fourth-order valence-electron chi connectivity index (χ4n) is 0.506. The maximum atomic E-state index is 11.0. The summed E-state index contributed by atoms with van der Waals surface area (Å²) < 4.78 is 4.75. The molecule has 0 aliphatic heterocycles. The number of esters is 1. The summed E-state index contributed by atoms with van der Waals surface area (Å²) in [5.74, 6) is -0.575. The molecule has 0 aliphatic carbocycles. The van der Waals surface area contributed by atoms with Gasteiger partial charge in [-0.25, -0.2) is 4.79 Å². The van der Waals surface area contributed by atoms with Gasteiger partial charge in [-0.2, -0.15) is 0 Å². The molecule has 0 saturated carbocycles. The number of hydrogen-bond acceptors (Lipinski definition) is 4. The van der Waals surface area contributed by atoms with Gasteiger partial charge < -0.3 is 14.9 Å². The van der Waals surface area contributed by atoms with Crippen molar-refractivity contribution in [3.63, 3.8) is 0 Å². The average molecular weight is 202 g/mol. The van der Waals surface area contributed by atoms with Gasteiger partial charge in [-0.3, -0.25) is 0 Å². The first-order chi connectivity index (χ1) is 6.08. The normalized spacial score (nSPS) is 15.9. The summed E-state index contributed by atoms with van der Waals surface area (Å²) in [6, 6.07) is 0. The Balaban J connectivity index is 4.27. The van der Waals surface area contributed by atoms with Crippen LogP contribution in [-0.2, 0) is 9.53 Å². The van der Waals surface area contributed by atoms with E-state index in [1.165, 1.54) is 27.7 Å². The molecule has 0 amide bonds. The van der Waals surface area contributed by atoms with Crippen molar-refractivity contribution in [3.05, 3.63) is 12.2 Å². The van der Waals surface area contributed by atoms with E-state index in [4.69, 9.17) is 4.74 Å². The lowest BCUT2D eigenvalue weighted by Gasteiger charge is -2.34. The number of aliphatic hydroxyl groups is 2. The van der Waals surface area contributed by atoms with Crippen molar-refractivity contribution in [1.82, 2.24) is 0 Å². The van der Waals surface area contributed by atoms with Crippen LogP contribution in [-0.4, -0.2) is 34.0 Å². The summed E-state index contributed by atoms with van der Waals surface area (Å²) in [4.78, 5) is 11.0. The Kier molecular flexibility index (Phi) is 3.85. The van der Waals surface area contributed by atoms with Gasteiger partial charge in [-0.1, -0.05) is 6.58 Å². The highest BCUT2D eigenvalue weighted by molar-refractivity contribution is 5.86. The second kappa shape index (κ2) is 4.11. The Bertz CT molecular complexity index is 235. The van der Waals surface area contributed by atoms with E-state index in [-0.39, 0.29) is 12.2 Å². The Labute approximate surface area is 84.2 Å². The van der Waals surface area contributed by atoms with Gasteiger partial charge in [0.1, 0.15) is 12.2 Å². The zero-order valence-corrected chi connectivity index (χ0v) is 9.13. The Hall–Kier alpha value is -0.870. The molecule has 0 heterocycles. The second-order valence-corrected chi connectivity index (χ2v) is 4.19. The molecule has 4 nitrogen and oxygen atoms in total.